The maximum Gasteiger partial charge on any atom is 0.405 e. The van der Waals surface area contributed by atoms with E-state index < -0.39 is 47.5 Å². The minimum Gasteiger partial charge on any atom is -0.342 e. The average molecular weight is 535 g/mol. The molecule has 0 atom stereocenters. The van der Waals surface area contributed by atoms with Gasteiger partial charge in [-0.15, -0.1) is 0 Å². The number of benzene rings is 1. The van der Waals surface area contributed by atoms with Gasteiger partial charge in [0.2, 0.25) is 5.95 Å². The Bertz CT molecular complexity index is 1660. The van der Waals surface area contributed by atoms with E-state index in [1.54, 1.807) is 23.5 Å². The normalized spacial score (nSPS) is 14.7. The van der Waals surface area contributed by atoms with Crippen molar-refractivity contribution in [1.82, 2.24) is 24.6 Å². The highest BCUT2D eigenvalue weighted by molar-refractivity contribution is 5.92. The van der Waals surface area contributed by atoms with Crippen LogP contribution in [0.4, 0.5) is 26.3 Å². The Morgan fingerprint density at radius 1 is 1.11 bits per heavy atom. The molecule has 198 valence electrons. The van der Waals surface area contributed by atoms with Gasteiger partial charge in [0.25, 0.3) is 11.5 Å². The van der Waals surface area contributed by atoms with Crippen LogP contribution < -0.4 is 10.9 Å². The number of nitrogens with zero attached hydrogens (tertiary/aromatic N) is 3. The van der Waals surface area contributed by atoms with Crippen LogP contribution in [0.2, 0.25) is 0 Å². The fourth-order valence-corrected chi connectivity index (χ4v) is 4.46. The van der Waals surface area contributed by atoms with Crippen LogP contribution >= 0.6 is 0 Å². The van der Waals surface area contributed by atoms with Crippen LogP contribution in [0.15, 0.2) is 47.4 Å². The number of H-pyrrole nitrogens is 1. The summed E-state index contributed by atoms with van der Waals surface area (Å²) in [6, 6.07) is 6.71. The number of alkyl halides is 3. The molecular formula is C25H19F6N5O2. The predicted octanol–water partition coefficient (Wildman–Crippen LogP) is 4.17. The van der Waals surface area contributed by atoms with Crippen LogP contribution in [0, 0.1) is 17.6 Å². The van der Waals surface area contributed by atoms with Gasteiger partial charge in [0.15, 0.2) is 11.6 Å². The molecule has 38 heavy (non-hydrogen) atoms. The third kappa shape index (κ3) is 4.88. The van der Waals surface area contributed by atoms with Gasteiger partial charge in [-0.05, 0) is 36.3 Å². The summed E-state index contributed by atoms with van der Waals surface area (Å²) in [6.45, 7) is -0.612. The number of aromatic nitrogens is 3. The zero-order valence-corrected chi connectivity index (χ0v) is 19.5. The molecule has 1 amide bonds. The molecule has 3 aromatic heterocycles. The van der Waals surface area contributed by atoms with Crippen molar-refractivity contribution in [2.75, 3.05) is 19.6 Å². The van der Waals surface area contributed by atoms with Crippen molar-refractivity contribution in [3.05, 3.63) is 87.4 Å². The van der Waals surface area contributed by atoms with E-state index in [1.807, 2.05) is 4.90 Å². The molecule has 1 aliphatic heterocycles. The summed E-state index contributed by atoms with van der Waals surface area (Å²) in [5, 5.41) is 1.64. The zero-order chi connectivity index (χ0) is 27.2. The molecule has 0 spiro atoms. The topological polar surface area (TPSA) is 82.5 Å². The predicted molar refractivity (Wildman–Crippen MR) is 126 cm³/mol. The lowest BCUT2D eigenvalue weighted by molar-refractivity contribution is -0.123. The number of aromatic amines is 1. The Kier molecular flexibility index (Phi) is 6.47. The van der Waals surface area contributed by atoms with Crippen molar-refractivity contribution in [3.8, 4) is 0 Å². The minimum atomic E-state index is -4.60. The summed E-state index contributed by atoms with van der Waals surface area (Å²) in [4.78, 5) is 31.9. The molecule has 0 fully saturated rings. The highest BCUT2D eigenvalue weighted by Crippen LogP contribution is 2.27. The van der Waals surface area contributed by atoms with Gasteiger partial charge in [-0.2, -0.15) is 17.6 Å². The molecule has 2 N–H and O–H groups in total. The molecule has 1 aliphatic rings. The van der Waals surface area contributed by atoms with Crippen molar-refractivity contribution in [2.45, 2.75) is 19.1 Å². The Morgan fingerprint density at radius 2 is 1.89 bits per heavy atom. The number of pyridine rings is 1. The Labute approximate surface area is 210 Å². The van der Waals surface area contributed by atoms with Crippen molar-refractivity contribution < 1.29 is 31.1 Å². The lowest BCUT2D eigenvalue weighted by atomic mass is 10.00. The van der Waals surface area contributed by atoms with Crippen LogP contribution in [0.5, 0.6) is 0 Å². The summed E-state index contributed by atoms with van der Waals surface area (Å²) >= 11 is 0. The first-order valence-corrected chi connectivity index (χ1v) is 11.4. The number of hydrogen-bond acceptors (Lipinski definition) is 4. The lowest BCUT2D eigenvalue weighted by Gasteiger charge is -2.27. The molecular weight excluding hydrogens is 516 g/mol. The van der Waals surface area contributed by atoms with E-state index in [1.165, 1.54) is 16.7 Å². The molecule has 0 bridgehead atoms. The SMILES string of the molecule is O=C(NCC(F)(F)F)c1ccc(C2=CCN(Cc3ccc4c([nH]c(=O)c5c(F)ccn54)c3F)CC2)c(F)n1. The van der Waals surface area contributed by atoms with Crippen molar-refractivity contribution >= 4 is 28.0 Å². The van der Waals surface area contributed by atoms with E-state index in [2.05, 4.69) is 9.97 Å². The lowest BCUT2D eigenvalue weighted by Crippen LogP contribution is -2.34. The second-order valence-corrected chi connectivity index (χ2v) is 8.82. The highest BCUT2D eigenvalue weighted by Gasteiger charge is 2.28. The number of amides is 1. The maximum atomic E-state index is 15.3. The number of carbonyl (C=O) groups excluding carboxylic acids is 1. The fraction of sp³-hybridized carbons (Fsp3) is 0.240. The molecule has 0 saturated heterocycles. The third-order valence-corrected chi connectivity index (χ3v) is 6.31. The van der Waals surface area contributed by atoms with Gasteiger partial charge >= 0.3 is 6.18 Å². The Morgan fingerprint density at radius 3 is 2.58 bits per heavy atom. The minimum absolute atomic E-state index is 0.0450. The van der Waals surface area contributed by atoms with Crippen LogP contribution in [0.3, 0.4) is 0 Å². The van der Waals surface area contributed by atoms with E-state index >= 15 is 4.39 Å². The smallest absolute Gasteiger partial charge is 0.342 e. The Hall–Kier alpha value is -4.13. The molecule has 1 aromatic carbocycles. The summed E-state index contributed by atoms with van der Waals surface area (Å²) in [5.74, 6) is -3.47. The largest absolute Gasteiger partial charge is 0.405 e. The number of rotatable bonds is 5. The first kappa shape index (κ1) is 25.5. The molecule has 7 nitrogen and oxygen atoms in total. The van der Waals surface area contributed by atoms with E-state index in [9.17, 15) is 31.5 Å². The van der Waals surface area contributed by atoms with Gasteiger partial charge in [-0.25, -0.2) is 13.8 Å². The van der Waals surface area contributed by atoms with Crippen molar-refractivity contribution in [2.24, 2.45) is 0 Å². The monoisotopic (exact) mass is 535 g/mol. The quantitative estimate of drug-likeness (QED) is 0.297. The molecule has 0 radical (unpaired) electrons. The molecule has 0 aliphatic carbocycles. The molecule has 0 unspecified atom stereocenters. The van der Waals surface area contributed by atoms with E-state index in [0.29, 0.717) is 36.2 Å². The van der Waals surface area contributed by atoms with Gasteiger partial charge in [0.05, 0.1) is 5.52 Å². The summed E-state index contributed by atoms with van der Waals surface area (Å²) in [5.41, 5.74) is -0.141. The number of fused-ring (bicyclic) bond motifs is 3. The van der Waals surface area contributed by atoms with E-state index in [4.69, 9.17) is 0 Å². The van der Waals surface area contributed by atoms with E-state index in [-0.39, 0.29) is 23.1 Å². The van der Waals surface area contributed by atoms with Crippen molar-refractivity contribution in [3.63, 3.8) is 0 Å². The van der Waals surface area contributed by atoms with Crippen LogP contribution in [-0.4, -0.2) is 51.0 Å². The fourth-order valence-electron chi connectivity index (χ4n) is 4.46. The van der Waals surface area contributed by atoms with Crippen LogP contribution in [-0.2, 0) is 6.54 Å². The second kappa shape index (κ2) is 9.63. The van der Waals surface area contributed by atoms with E-state index in [0.717, 1.165) is 12.1 Å². The Balaban J connectivity index is 1.30. The van der Waals surface area contributed by atoms with Gasteiger partial charge in [-0.3, -0.25) is 14.5 Å². The third-order valence-electron chi connectivity index (χ3n) is 6.31. The van der Waals surface area contributed by atoms with Crippen LogP contribution in [0.1, 0.15) is 28.0 Å². The molecule has 4 aromatic rings. The molecule has 5 rings (SSSR count). The summed E-state index contributed by atoms with van der Waals surface area (Å²) in [6.07, 6.45) is -1.16. The first-order chi connectivity index (χ1) is 18.0. The summed E-state index contributed by atoms with van der Waals surface area (Å²) in [7, 11) is 0. The van der Waals surface area contributed by atoms with Crippen molar-refractivity contribution in [1.29, 1.82) is 0 Å². The number of hydrogen-bond donors (Lipinski definition) is 2. The van der Waals surface area contributed by atoms with Gasteiger partial charge < -0.3 is 14.7 Å². The second-order valence-electron chi connectivity index (χ2n) is 8.82. The number of nitrogens with one attached hydrogen (secondary N) is 2. The van der Waals surface area contributed by atoms with Gasteiger partial charge in [-0.1, -0.05) is 12.1 Å². The standard InChI is InChI=1S/C25H19F6N5O2/c26-16-7-10-36-18-4-1-14(19(27)20(18)34-24(38)21(16)36)11-35-8-5-13(6-9-35)15-2-3-17(33-22(15)28)23(37)32-12-25(29,30)31/h1-5,7,10H,6,8-9,11-12H2,(H,32,37)(H,34,38). The molecule has 4 heterocycles. The van der Waals surface area contributed by atoms with Gasteiger partial charge in [0.1, 0.15) is 23.3 Å². The highest BCUT2D eigenvalue weighted by atomic mass is 19.4. The summed E-state index contributed by atoms with van der Waals surface area (Å²) < 4.78 is 81.9. The average Bonchev–Trinajstić information content (AvgIpc) is 3.27. The molecule has 13 heteroatoms. The maximum absolute atomic E-state index is 15.3. The first-order valence-electron chi connectivity index (χ1n) is 11.4. The number of carbonyl (C=O) groups is 1. The molecule has 0 saturated carbocycles. The number of halogens is 6. The zero-order valence-electron chi connectivity index (χ0n) is 19.5. The van der Waals surface area contributed by atoms with Crippen LogP contribution in [0.25, 0.3) is 22.1 Å². The van der Waals surface area contributed by atoms with Gasteiger partial charge in [0, 0.05) is 37.0 Å².